The van der Waals surface area contributed by atoms with Crippen molar-refractivity contribution in [2.24, 2.45) is 0 Å². The number of aliphatic carboxylic acids is 1. The minimum atomic E-state index is -1.09. The van der Waals surface area contributed by atoms with E-state index >= 15 is 0 Å². The maximum absolute atomic E-state index is 13.3. The SMILES string of the molecule is O=C(O)C1CNCCN1C(=O)c1ccc(Cl)c(F)c1. The lowest BCUT2D eigenvalue weighted by atomic mass is 10.1. The molecule has 1 aliphatic rings. The fourth-order valence-electron chi connectivity index (χ4n) is 1.96. The summed E-state index contributed by atoms with van der Waals surface area (Å²) in [6.45, 7) is 0.947. The van der Waals surface area contributed by atoms with Crippen LogP contribution in [0.4, 0.5) is 4.39 Å². The molecule has 2 rings (SSSR count). The molecule has 1 aliphatic heterocycles. The molecule has 19 heavy (non-hydrogen) atoms. The molecule has 1 heterocycles. The van der Waals surface area contributed by atoms with Gasteiger partial charge in [-0.25, -0.2) is 9.18 Å². The molecule has 0 bridgehead atoms. The maximum atomic E-state index is 13.3. The van der Waals surface area contributed by atoms with Crippen molar-refractivity contribution in [2.45, 2.75) is 6.04 Å². The predicted octanol–water partition coefficient (Wildman–Crippen LogP) is 0.978. The van der Waals surface area contributed by atoms with E-state index in [0.29, 0.717) is 6.54 Å². The van der Waals surface area contributed by atoms with Crippen LogP contribution in [-0.4, -0.2) is 47.6 Å². The summed E-state index contributed by atoms with van der Waals surface area (Å²) in [5.74, 6) is -2.30. The first-order chi connectivity index (χ1) is 9.00. The minimum absolute atomic E-state index is 0.0772. The summed E-state index contributed by atoms with van der Waals surface area (Å²) in [5.41, 5.74) is 0.0926. The van der Waals surface area contributed by atoms with Crippen LogP contribution in [0, 0.1) is 5.82 Å². The summed E-state index contributed by atoms with van der Waals surface area (Å²) >= 11 is 5.55. The molecule has 1 unspecified atom stereocenters. The Kier molecular flexibility index (Phi) is 4.01. The Morgan fingerprint density at radius 2 is 2.21 bits per heavy atom. The summed E-state index contributed by atoms with van der Waals surface area (Å²) in [5, 5.41) is 11.9. The Morgan fingerprint density at radius 3 is 2.84 bits per heavy atom. The number of halogens is 2. The highest BCUT2D eigenvalue weighted by Gasteiger charge is 2.32. The van der Waals surface area contributed by atoms with Gasteiger partial charge in [-0.3, -0.25) is 4.79 Å². The molecule has 0 aliphatic carbocycles. The van der Waals surface area contributed by atoms with Crippen LogP contribution in [0.5, 0.6) is 0 Å². The van der Waals surface area contributed by atoms with E-state index in [1.165, 1.54) is 17.0 Å². The van der Waals surface area contributed by atoms with Crippen molar-refractivity contribution in [1.82, 2.24) is 10.2 Å². The molecule has 0 radical (unpaired) electrons. The van der Waals surface area contributed by atoms with E-state index < -0.39 is 23.7 Å². The van der Waals surface area contributed by atoms with Crippen molar-refractivity contribution in [3.63, 3.8) is 0 Å². The summed E-state index contributed by atoms with van der Waals surface area (Å²) in [7, 11) is 0. The quantitative estimate of drug-likeness (QED) is 0.850. The van der Waals surface area contributed by atoms with Crippen LogP contribution in [0.2, 0.25) is 5.02 Å². The van der Waals surface area contributed by atoms with Gasteiger partial charge in [0.05, 0.1) is 5.02 Å². The highest BCUT2D eigenvalue weighted by molar-refractivity contribution is 6.30. The number of hydrogen-bond acceptors (Lipinski definition) is 3. The van der Waals surface area contributed by atoms with Crippen molar-refractivity contribution < 1.29 is 19.1 Å². The highest BCUT2D eigenvalue weighted by Crippen LogP contribution is 2.18. The molecule has 0 aromatic heterocycles. The molecule has 7 heteroatoms. The third-order valence-corrected chi connectivity index (χ3v) is 3.26. The number of hydrogen-bond donors (Lipinski definition) is 2. The topological polar surface area (TPSA) is 69.6 Å². The largest absolute Gasteiger partial charge is 0.480 e. The normalized spacial score (nSPS) is 19.3. The third-order valence-electron chi connectivity index (χ3n) is 2.96. The zero-order valence-electron chi connectivity index (χ0n) is 9.90. The van der Waals surface area contributed by atoms with Crippen molar-refractivity contribution >= 4 is 23.5 Å². The van der Waals surface area contributed by atoms with E-state index in [0.717, 1.165) is 6.07 Å². The van der Waals surface area contributed by atoms with Gasteiger partial charge >= 0.3 is 5.97 Å². The van der Waals surface area contributed by atoms with Crippen molar-refractivity contribution in [3.05, 3.63) is 34.6 Å². The van der Waals surface area contributed by atoms with Crippen molar-refractivity contribution in [1.29, 1.82) is 0 Å². The molecule has 102 valence electrons. The number of amides is 1. The Balaban J connectivity index is 2.26. The number of nitrogens with one attached hydrogen (secondary N) is 1. The standard InChI is InChI=1S/C12H12ClFN2O3/c13-8-2-1-7(5-9(8)14)11(17)16-4-3-15-6-10(16)12(18)19/h1-2,5,10,15H,3-4,6H2,(H,18,19). The zero-order chi connectivity index (χ0) is 14.0. The maximum Gasteiger partial charge on any atom is 0.327 e. The third kappa shape index (κ3) is 2.85. The molecule has 1 amide bonds. The molecule has 0 saturated carbocycles. The number of carbonyl (C=O) groups is 2. The summed E-state index contributed by atoms with van der Waals surface area (Å²) in [6, 6.07) is 2.74. The lowest BCUT2D eigenvalue weighted by molar-refractivity contribution is -0.142. The second-order valence-electron chi connectivity index (χ2n) is 4.19. The Morgan fingerprint density at radius 1 is 1.47 bits per heavy atom. The minimum Gasteiger partial charge on any atom is -0.480 e. The molecule has 1 aromatic rings. The van der Waals surface area contributed by atoms with Crippen LogP contribution in [0.15, 0.2) is 18.2 Å². The molecular weight excluding hydrogens is 275 g/mol. The van der Waals surface area contributed by atoms with E-state index in [2.05, 4.69) is 5.32 Å². The van der Waals surface area contributed by atoms with Crippen LogP contribution in [0.1, 0.15) is 10.4 Å². The number of piperazine rings is 1. The molecule has 1 aromatic carbocycles. The van der Waals surface area contributed by atoms with E-state index in [-0.39, 0.29) is 23.7 Å². The number of carboxylic acid groups (broad SMARTS) is 1. The first-order valence-electron chi connectivity index (χ1n) is 5.70. The average Bonchev–Trinajstić information content (AvgIpc) is 2.41. The van der Waals surface area contributed by atoms with Gasteiger partial charge in [0.15, 0.2) is 0 Å². The van der Waals surface area contributed by atoms with Gasteiger partial charge in [0.2, 0.25) is 0 Å². The molecule has 1 fully saturated rings. The molecule has 2 N–H and O–H groups in total. The van der Waals surface area contributed by atoms with Crippen LogP contribution < -0.4 is 5.32 Å². The number of benzene rings is 1. The molecule has 5 nitrogen and oxygen atoms in total. The van der Waals surface area contributed by atoms with Gasteiger partial charge in [-0.15, -0.1) is 0 Å². The van der Waals surface area contributed by atoms with Gasteiger partial charge in [-0.2, -0.15) is 0 Å². The van der Waals surface area contributed by atoms with Gasteiger partial charge in [0.25, 0.3) is 5.91 Å². The number of rotatable bonds is 2. The van der Waals surface area contributed by atoms with Crippen LogP contribution in [-0.2, 0) is 4.79 Å². The van der Waals surface area contributed by atoms with Crippen LogP contribution in [0.25, 0.3) is 0 Å². The molecular formula is C12H12ClFN2O3. The van der Waals surface area contributed by atoms with Gasteiger partial charge in [-0.1, -0.05) is 11.6 Å². The lowest BCUT2D eigenvalue weighted by Gasteiger charge is -2.33. The van der Waals surface area contributed by atoms with E-state index in [1.807, 2.05) is 0 Å². The zero-order valence-corrected chi connectivity index (χ0v) is 10.7. The Hall–Kier alpha value is -1.66. The van der Waals surface area contributed by atoms with E-state index in [9.17, 15) is 14.0 Å². The predicted molar refractivity (Wildman–Crippen MR) is 66.7 cm³/mol. The fourth-order valence-corrected chi connectivity index (χ4v) is 2.08. The first kappa shape index (κ1) is 13.8. The smallest absolute Gasteiger partial charge is 0.327 e. The fraction of sp³-hybridized carbons (Fsp3) is 0.333. The second-order valence-corrected chi connectivity index (χ2v) is 4.59. The number of nitrogens with zero attached hydrogens (tertiary/aromatic N) is 1. The average molecular weight is 287 g/mol. The summed E-state index contributed by atoms with van der Waals surface area (Å²) < 4.78 is 13.3. The molecule has 1 atom stereocenters. The second kappa shape index (κ2) is 5.54. The van der Waals surface area contributed by atoms with E-state index in [4.69, 9.17) is 16.7 Å². The van der Waals surface area contributed by atoms with Crippen LogP contribution >= 0.6 is 11.6 Å². The Labute approximate surface area is 114 Å². The molecule has 0 spiro atoms. The van der Waals surface area contributed by atoms with Crippen molar-refractivity contribution in [3.8, 4) is 0 Å². The van der Waals surface area contributed by atoms with Crippen molar-refractivity contribution in [2.75, 3.05) is 19.6 Å². The van der Waals surface area contributed by atoms with E-state index in [1.54, 1.807) is 0 Å². The molecule has 1 saturated heterocycles. The van der Waals surface area contributed by atoms with Crippen LogP contribution in [0.3, 0.4) is 0 Å². The first-order valence-corrected chi connectivity index (χ1v) is 6.08. The highest BCUT2D eigenvalue weighted by atomic mass is 35.5. The van der Waals surface area contributed by atoms with Gasteiger partial charge in [0, 0.05) is 25.2 Å². The number of carbonyl (C=O) groups excluding carboxylic acids is 1. The summed E-state index contributed by atoms with van der Waals surface area (Å²) in [4.78, 5) is 24.5. The van der Waals surface area contributed by atoms with Gasteiger partial charge in [0.1, 0.15) is 11.9 Å². The monoisotopic (exact) mass is 286 g/mol. The Bertz CT molecular complexity index is 524. The van der Waals surface area contributed by atoms with Gasteiger partial charge in [-0.05, 0) is 18.2 Å². The van der Waals surface area contributed by atoms with Gasteiger partial charge < -0.3 is 15.3 Å². The number of carboxylic acids is 1. The summed E-state index contributed by atoms with van der Waals surface area (Å²) in [6.07, 6.45) is 0. The lowest BCUT2D eigenvalue weighted by Crippen LogP contribution is -2.57.